The number of benzene rings is 1. The molecule has 2 aromatic heterocycles. The van der Waals surface area contributed by atoms with Crippen molar-refractivity contribution in [3.05, 3.63) is 51.7 Å². The molecule has 1 N–H and O–H groups in total. The van der Waals surface area contributed by atoms with Gasteiger partial charge in [0.05, 0.1) is 13.7 Å². The Morgan fingerprint density at radius 3 is 2.82 bits per heavy atom. The van der Waals surface area contributed by atoms with Crippen molar-refractivity contribution in [1.29, 1.82) is 0 Å². The van der Waals surface area contributed by atoms with Crippen LogP contribution in [0.2, 0.25) is 0 Å². The van der Waals surface area contributed by atoms with E-state index in [0.29, 0.717) is 17.2 Å². The number of thiophene rings is 1. The summed E-state index contributed by atoms with van der Waals surface area (Å²) in [5.41, 5.74) is 1.03. The smallest absolute Gasteiger partial charge is 0.265 e. The summed E-state index contributed by atoms with van der Waals surface area (Å²) in [5.74, 6) is 0.424. The van der Waals surface area contributed by atoms with Gasteiger partial charge in [0.1, 0.15) is 20.6 Å². The highest BCUT2D eigenvalue weighted by Crippen LogP contribution is 2.25. The molecular formula is C15H13N3O2S2. The molecule has 0 unspecified atom stereocenters. The molecule has 0 fully saturated rings. The lowest BCUT2D eigenvalue weighted by Crippen LogP contribution is -2.22. The average molecular weight is 331 g/mol. The van der Waals surface area contributed by atoms with Gasteiger partial charge in [-0.3, -0.25) is 4.79 Å². The molecule has 3 aromatic rings. The van der Waals surface area contributed by atoms with E-state index in [2.05, 4.69) is 15.5 Å². The Bertz CT molecular complexity index is 768. The largest absolute Gasteiger partial charge is 0.495 e. The van der Waals surface area contributed by atoms with Crippen LogP contribution < -0.4 is 10.1 Å². The summed E-state index contributed by atoms with van der Waals surface area (Å²) in [6, 6.07) is 11.6. The van der Waals surface area contributed by atoms with E-state index in [9.17, 15) is 4.79 Å². The lowest BCUT2D eigenvalue weighted by molar-refractivity contribution is 0.0952. The van der Waals surface area contributed by atoms with Crippen LogP contribution in [0, 0.1) is 0 Å². The van der Waals surface area contributed by atoms with Crippen molar-refractivity contribution >= 4 is 28.6 Å². The minimum atomic E-state index is -0.164. The van der Waals surface area contributed by atoms with Crippen molar-refractivity contribution in [2.24, 2.45) is 0 Å². The fraction of sp³-hybridized carbons (Fsp3) is 0.133. The first-order valence-corrected chi connectivity index (χ1v) is 8.25. The Kier molecular flexibility index (Phi) is 4.45. The van der Waals surface area contributed by atoms with Crippen molar-refractivity contribution in [3.63, 3.8) is 0 Å². The van der Waals surface area contributed by atoms with E-state index in [-0.39, 0.29) is 5.91 Å². The molecule has 7 heteroatoms. The number of rotatable bonds is 5. The summed E-state index contributed by atoms with van der Waals surface area (Å²) < 4.78 is 5.14. The third-order valence-electron chi connectivity index (χ3n) is 2.94. The number of carbonyl (C=O) groups is 1. The van der Waals surface area contributed by atoms with Crippen molar-refractivity contribution in [1.82, 2.24) is 15.5 Å². The Morgan fingerprint density at radius 2 is 2.05 bits per heavy atom. The first kappa shape index (κ1) is 14.7. The second-order valence-corrected chi connectivity index (χ2v) is 6.35. The average Bonchev–Trinajstić information content (AvgIpc) is 3.22. The predicted octanol–water partition coefficient (Wildman–Crippen LogP) is 3.21. The zero-order chi connectivity index (χ0) is 15.4. The maximum atomic E-state index is 12.1. The van der Waals surface area contributed by atoms with Crippen LogP contribution in [-0.2, 0) is 6.54 Å². The van der Waals surface area contributed by atoms with Gasteiger partial charge >= 0.3 is 0 Å². The van der Waals surface area contributed by atoms with Gasteiger partial charge in [-0.2, -0.15) is 0 Å². The van der Waals surface area contributed by atoms with Crippen LogP contribution in [0.4, 0.5) is 0 Å². The maximum absolute atomic E-state index is 12.1. The van der Waals surface area contributed by atoms with Crippen LogP contribution in [-0.4, -0.2) is 23.2 Å². The number of hydrogen-bond donors (Lipinski definition) is 1. The first-order chi connectivity index (χ1) is 10.8. The van der Waals surface area contributed by atoms with E-state index in [1.54, 1.807) is 13.2 Å². The van der Waals surface area contributed by atoms with Gasteiger partial charge in [0.2, 0.25) is 0 Å². The molecule has 22 heavy (non-hydrogen) atoms. The Balaban J connectivity index is 1.65. The van der Waals surface area contributed by atoms with Gasteiger partial charge in [0, 0.05) is 5.56 Å². The monoisotopic (exact) mass is 331 g/mol. The van der Waals surface area contributed by atoms with E-state index >= 15 is 0 Å². The molecule has 0 saturated heterocycles. The van der Waals surface area contributed by atoms with Crippen molar-refractivity contribution in [2.75, 3.05) is 7.11 Å². The highest BCUT2D eigenvalue weighted by atomic mass is 32.1. The predicted molar refractivity (Wildman–Crippen MR) is 87.4 cm³/mol. The number of nitrogens with zero attached hydrogens (tertiary/aromatic N) is 2. The topological polar surface area (TPSA) is 64.1 Å². The van der Waals surface area contributed by atoms with Gasteiger partial charge in [-0.15, -0.1) is 21.5 Å². The van der Waals surface area contributed by atoms with Gasteiger partial charge in [-0.25, -0.2) is 0 Å². The summed E-state index contributed by atoms with van der Waals surface area (Å²) in [4.78, 5) is 12.7. The number of carbonyl (C=O) groups excluding carboxylic acids is 1. The zero-order valence-electron chi connectivity index (χ0n) is 11.8. The fourth-order valence-electron chi connectivity index (χ4n) is 1.88. The second kappa shape index (κ2) is 6.67. The summed E-state index contributed by atoms with van der Waals surface area (Å²) in [7, 11) is 1.55. The van der Waals surface area contributed by atoms with Crippen LogP contribution >= 0.6 is 22.7 Å². The molecule has 0 aliphatic rings. The SMILES string of the molecule is COc1ccsc1C(=O)NCc1nnc(-c2ccccc2)s1. The zero-order valence-corrected chi connectivity index (χ0v) is 13.4. The fourth-order valence-corrected chi connectivity index (χ4v) is 3.44. The van der Waals surface area contributed by atoms with Crippen LogP contribution in [0.5, 0.6) is 5.75 Å². The molecule has 1 amide bonds. The Labute approximate surface area is 135 Å². The van der Waals surface area contributed by atoms with Gasteiger partial charge in [-0.1, -0.05) is 41.7 Å². The quantitative estimate of drug-likeness (QED) is 0.780. The molecule has 0 aliphatic heterocycles. The molecule has 0 spiro atoms. The molecule has 0 aliphatic carbocycles. The van der Waals surface area contributed by atoms with E-state index in [0.717, 1.165) is 15.6 Å². The third kappa shape index (κ3) is 3.15. The lowest BCUT2D eigenvalue weighted by Gasteiger charge is -2.03. The lowest BCUT2D eigenvalue weighted by atomic mass is 10.2. The number of ether oxygens (including phenoxy) is 1. The number of methoxy groups -OCH3 is 1. The molecule has 2 heterocycles. The minimum Gasteiger partial charge on any atom is -0.495 e. The number of hydrogen-bond acceptors (Lipinski definition) is 6. The van der Waals surface area contributed by atoms with Crippen molar-refractivity contribution < 1.29 is 9.53 Å². The number of aromatic nitrogens is 2. The standard InChI is InChI=1S/C15H13N3O2S2/c1-20-11-7-8-21-13(11)14(19)16-9-12-17-18-15(22-12)10-5-3-2-4-6-10/h2-8H,9H2,1H3,(H,16,19). The van der Waals surface area contributed by atoms with Crippen molar-refractivity contribution in [2.45, 2.75) is 6.54 Å². The van der Waals surface area contributed by atoms with Gasteiger partial charge in [0.25, 0.3) is 5.91 Å². The second-order valence-electron chi connectivity index (χ2n) is 4.37. The minimum absolute atomic E-state index is 0.164. The van der Waals surface area contributed by atoms with Crippen LogP contribution in [0.15, 0.2) is 41.8 Å². The van der Waals surface area contributed by atoms with Crippen LogP contribution in [0.25, 0.3) is 10.6 Å². The molecule has 0 radical (unpaired) electrons. The molecule has 112 valence electrons. The molecule has 0 atom stereocenters. The van der Waals surface area contributed by atoms with E-state index in [1.165, 1.54) is 22.7 Å². The Morgan fingerprint density at radius 1 is 1.23 bits per heavy atom. The third-order valence-corrected chi connectivity index (χ3v) is 4.81. The van der Waals surface area contributed by atoms with E-state index in [4.69, 9.17) is 4.74 Å². The van der Waals surface area contributed by atoms with E-state index in [1.807, 2.05) is 35.7 Å². The number of amides is 1. The molecule has 5 nitrogen and oxygen atoms in total. The molecular weight excluding hydrogens is 318 g/mol. The highest BCUT2D eigenvalue weighted by Gasteiger charge is 2.14. The van der Waals surface area contributed by atoms with Crippen LogP contribution in [0.1, 0.15) is 14.7 Å². The molecule has 0 bridgehead atoms. The maximum Gasteiger partial charge on any atom is 0.265 e. The van der Waals surface area contributed by atoms with Crippen LogP contribution in [0.3, 0.4) is 0 Å². The normalized spacial score (nSPS) is 10.4. The summed E-state index contributed by atoms with van der Waals surface area (Å²) in [6.45, 7) is 0.352. The summed E-state index contributed by atoms with van der Waals surface area (Å²) >= 11 is 2.82. The summed E-state index contributed by atoms with van der Waals surface area (Å²) in [6.07, 6.45) is 0. The van der Waals surface area contributed by atoms with Gasteiger partial charge < -0.3 is 10.1 Å². The molecule has 3 rings (SSSR count). The highest BCUT2D eigenvalue weighted by molar-refractivity contribution is 7.14. The van der Waals surface area contributed by atoms with Crippen molar-refractivity contribution in [3.8, 4) is 16.3 Å². The van der Waals surface area contributed by atoms with Gasteiger partial charge in [0.15, 0.2) is 0 Å². The number of nitrogens with one attached hydrogen (secondary N) is 1. The Hall–Kier alpha value is -2.25. The van der Waals surface area contributed by atoms with E-state index < -0.39 is 0 Å². The summed E-state index contributed by atoms with van der Waals surface area (Å²) in [5, 5.41) is 14.5. The van der Waals surface area contributed by atoms with Gasteiger partial charge in [-0.05, 0) is 11.4 Å². The first-order valence-electron chi connectivity index (χ1n) is 6.55. The molecule has 0 saturated carbocycles. The molecule has 1 aromatic carbocycles.